The number of likely N-dealkylation sites (tertiary alicyclic amines) is 2. The number of rotatable bonds is 6. The number of hydrogen-bond acceptors (Lipinski definition) is 4. The highest BCUT2D eigenvalue weighted by atomic mass is 16.2. The number of carbonyl (C=O) groups is 1. The molecule has 2 aliphatic heterocycles. The Morgan fingerprint density at radius 1 is 1.29 bits per heavy atom. The largest absolute Gasteiger partial charge is 0.343 e. The Labute approximate surface area is 129 Å². The number of piperidine rings is 1. The summed E-state index contributed by atoms with van der Waals surface area (Å²) >= 11 is 0. The average Bonchev–Trinajstić information content (AvgIpc) is 2.90. The van der Waals surface area contributed by atoms with Gasteiger partial charge in [0.25, 0.3) is 0 Å². The van der Waals surface area contributed by atoms with Crippen LogP contribution in [-0.2, 0) is 4.79 Å². The molecule has 2 heterocycles. The molecule has 0 saturated carbocycles. The molecule has 2 atom stereocenters. The second-order valence-corrected chi connectivity index (χ2v) is 6.89. The number of nitrogens with zero attached hydrogens (tertiary/aromatic N) is 3. The van der Waals surface area contributed by atoms with Crippen molar-refractivity contribution in [3.63, 3.8) is 0 Å². The van der Waals surface area contributed by atoms with Crippen LogP contribution in [0.1, 0.15) is 32.1 Å². The molecule has 2 unspecified atom stereocenters. The van der Waals surface area contributed by atoms with Gasteiger partial charge in [0.05, 0.1) is 0 Å². The van der Waals surface area contributed by atoms with E-state index in [1.165, 1.54) is 25.9 Å². The highest BCUT2D eigenvalue weighted by molar-refractivity contribution is 5.76. The number of hydrogen-bond donors (Lipinski definition) is 1. The quantitative estimate of drug-likeness (QED) is 0.780. The topological polar surface area (TPSA) is 52.8 Å². The zero-order valence-electron chi connectivity index (χ0n) is 13.8. The van der Waals surface area contributed by atoms with Gasteiger partial charge in [0, 0.05) is 45.2 Å². The first-order valence-electron chi connectivity index (χ1n) is 8.46. The highest BCUT2D eigenvalue weighted by Crippen LogP contribution is 2.17. The second-order valence-electron chi connectivity index (χ2n) is 6.89. The van der Waals surface area contributed by atoms with Crippen molar-refractivity contribution in [1.82, 2.24) is 14.7 Å². The Kier molecular flexibility index (Phi) is 6.45. The fourth-order valence-electron chi connectivity index (χ4n) is 3.62. The van der Waals surface area contributed by atoms with Crippen molar-refractivity contribution < 1.29 is 4.79 Å². The van der Waals surface area contributed by atoms with E-state index in [-0.39, 0.29) is 6.04 Å². The molecule has 2 fully saturated rings. The van der Waals surface area contributed by atoms with Crippen molar-refractivity contribution in [2.45, 2.75) is 38.1 Å². The lowest BCUT2D eigenvalue weighted by atomic mass is 10.1. The Bertz CT molecular complexity index is 330. The summed E-state index contributed by atoms with van der Waals surface area (Å²) in [6.45, 7) is 5.86. The number of nitrogens with two attached hydrogens (primary N) is 1. The van der Waals surface area contributed by atoms with Crippen LogP contribution in [0.3, 0.4) is 0 Å². The number of amides is 1. The molecular weight excluding hydrogens is 264 g/mol. The van der Waals surface area contributed by atoms with Gasteiger partial charge in [0.1, 0.15) is 0 Å². The predicted octanol–water partition coefficient (Wildman–Crippen LogP) is 0.600. The molecule has 0 aromatic rings. The van der Waals surface area contributed by atoms with Crippen LogP contribution in [0.4, 0.5) is 0 Å². The lowest BCUT2D eigenvalue weighted by Gasteiger charge is -2.32. The standard InChI is InChI=1S/C16H32N4O/c1-18-9-6-14(12-18)13-19(2)15(11-17)10-16(21)20-7-4-3-5-8-20/h14-15H,3-13,17H2,1-2H3. The van der Waals surface area contributed by atoms with E-state index < -0.39 is 0 Å². The van der Waals surface area contributed by atoms with Gasteiger partial charge in [0.2, 0.25) is 5.91 Å². The first-order valence-corrected chi connectivity index (χ1v) is 8.46. The van der Waals surface area contributed by atoms with E-state index in [4.69, 9.17) is 5.73 Å². The molecule has 2 saturated heterocycles. The molecule has 5 heteroatoms. The van der Waals surface area contributed by atoms with E-state index in [1.807, 2.05) is 4.90 Å². The molecule has 0 radical (unpaired) electrons. The van der Waals surface area contributed by atoms with Gasteiger partial charge in [0.15, 0.2) is 0 Å². The summed E-state index contributed by atoms with van der Waals surface area (Å²) in [5.74, 6) is 1.01. The summed E-state index contributed by atoms with van der Waals surface area (Å²) < 4.78 is 0. The van der Waals surface area contributed by atoms with E-state index in [1.54, 1.807) is 0 Å². The minimum absolute atomic E-state index is 0.185. The first-order chi connectivity index (χ1) is 10.1. The summed E-state index contributed by atoms with van der Waals surface area (Å²) in [4.78, 5) is 19.1. The van der Waals surface area contributed by atoms with E-state index in [0.717, 1.165) is 38.4 Å². The van der Waals surface area contributed by atoms with Gasteiger partial charge in [-0.1, -0.05) is 0 Å². The molecule has 2 aliphatic rings. The number of likely N-dealkylation sites (N-methyl/N-ethyl adjacent to an activating group) is 1. The molecule has 0 spiro atoms. The van der Waals surface area contributed by atoms with E-state index in [0.29, 0.717) is 18.9 Å². The summed E-state index contributed by atoms with van der Waals surface area (Å²) in [7, 11) is 4.31. The van der Waals surface area contributed by atoms with E-state index in [9.17, 15) is 4.79 Å². The Morgan fingerprint density at radius 2 is 2.00 bits per heavy atom. The SMILES string of the molecule is CN1CCC(CN(C)C(CN)CC(=O)N2CCCCC2)C1. The van der Waals surface area contributed by atoms with Crippen LogP contribution in [0.25, 0.3) is 0 Å². The van der Waals surface area contributed by atoms with Crippen LogP contribution >= 0.6 is 0 Å². The van der Waals surface area contributed by atoms with Crippen molar-refractivity contribution >= 4 is 5.91 Å². The fourth-order valence-corrected chi connectivity index (χ4v) is 3.62. The second kappa shape index (κ2) is 8.11. The van der Waals surface area contributed by atoms with Gasteiger partial charge in [-0.15, -0.1) is 0 Å². The van der Waals surface area contributed by atoms with Gasteiger partial charge in [-0.3, -0.25) is 4.79 Å². The van der Waals surface area contributed by atoms with Gasteiger partial charge in [-0.05, 0) is 52.2 Å². The minimum Gasteiger partial charge on any atom is -0.343 e. The van der Waals surface area contributed by atoms with Crippen molar-refractivity contribution in [3.8, 4) is 0 Å². The first kappa shape index (κ1) is 16.7. The Hall–Kier alpha value is -0.650. The van der Waals surface area contributed by atoms with E-state index >= 15 is 0 Å². The molecule has 0 aromatic heterocycles. The lowest BCUT2D eigenvalue weighted by molar-refractivity contribution is -0.133. The normalized spacial score (nSPS) is 25.5. The minimum atomic E-state index is 0.185. The molecule has 2 N–H and O–H groups in total. The van der Waals surface area contributed by atoms with Gasteiger partial charge in [-0.25, -0.2) is 0 Å². The maximum atomic E-state index is 12.4. The van der Waals surface area contributed by atoms with Crippen molar-refractivity contribution in [2.24, 2.45) is 11.7 Å². The summed E-state index contributed by atoms with van der Waals surface area (Å²) in [5, 5.41) is 0. The Morgan fingerprint density at radius 3 is 2.57 bits per heavy atom. The third-order valence-electron chi connectivity index (χ3n) is 5.05. The van der Waals surface area contributed by atoms with Crippen LogP contribution in [0, 0.1) is 5.92 Å². The van der Waals surface area contributed by atoms with Crippen LogP contribution < -0.4 is 5.73 Å². The van der Waals surface area contributed by atoms with Crippen LogP contribution in [-0.4, -0.2) is 80.0 Å². The molecule has 122 valence electrons. The zero-order chi connectivity index (χ0) is 15.2. The van der Waals surface area contributed by atoms with E-state index in [2.05, 4.69) is 23.9 Å². The molecule has 1 amide bonds. The fraction of sp³-hybridized carbons (Fsp3) is 0.938. The molecule has 21 heavy (non-hydrogen) atoms. The molecule has 0 aromatic carbocycles. The van der Waals surface area contributed by atoms with Gasteiger partial charge in [-0.2, -0.15) is 0 Å². The van der Waals surface area contributed by atoms with Gasteiger partial charge < -0.3 is 20.4 Å². The van der Waals surface area contributed by atoms with Crippen molar-refractivity contribution in [2.75, 3.05) is 53.4 Å². The monoisotopic (exact) mass is 296 g/mol. The average molecular weight is 296 g/mol. The summed E-state index contributed by atoms with van der Waals surface area (Å²) in [6.07, 6.45) is 5.42. The predicted molar refractivity (Wildman–Crippen MR) is 86.1 cm³/mol. The lowest BCUT2D eigenvalue weighted by Crippen LogP contribution is -2.45. The smallest absolute Gasteiger partial charge is 0.224 e. The third-order valence-corrected chi connectivity index (χ3v) is 5.05. The summed E-state index contributed by atoms with van der Waals surface area (Å²) in [5.41, 5.74) is 5.93. The molecule has 2 rings (SSSR count). The maximum absolute atomic E-state index is 12.4. The van der Waals surface area contributed by atoms with Crippen molar-refractivity contribution in [3.05, 3.63) is 0 Å². The zero-order valence-corrected chi connectivity index (χ0v) is 13.8. The Balaban J connectivity index is 1.79. The molecule has 0 aliphatic carbocycles. The van der Waals surface area contributed by atoms with Crippen LogP contribution in [0.15, 0.2) is 0 Å². The van der Waals surface area contributed by atoms with Crippen LogP contribution in [0.2, 0.25) is 0 Å². The van der Waals surface area contributed by atoms with Gasteiger partial charge >= 0.3 is 0 Å². The highest BCUT2D eigenvalue weighted by Gasteiger charge is 2.26. The summed E-state index contributed by atoms with van der Waals surface area (Å²) in [6, 6.07) is 0.185. The molecule has 5 nitrogen and oxygen atoms in total. The molecular formula is C16H32N4O. The molecule has 0 bridgehead atoms. The van der Waals surface area contributed by atoms with Crippen LogP contribution in [0.5, 0.6) is 0 Å². The third kappa shape index (κ3) is 4.94. The maximum Gasteiger partial charge on any atom is 0.224 e. The van der Waals surface area contributed by atoms with Crippen molar-refractivity contribution in [1.29, 1.82) is 0 Å². The number of carbonyl (C=O) groups excluding carboxylic acids is 1.